The van der Waals surface area contributed by atoms with Crippen molar-refractivity contribution in [3.05, 3.63) is 29.6 Å². The van der Waals surface area contributed by atoms with Gasteiger partial charge in [0.25, 0.3) is 0 Å². The van der Waals surface area contributed by atoms with Gasteiger partial charge in [0.15, 0.2) is 0 Å². The van der Waals surface area contributed by atoms with E-state index in [1.165, 1.54) is 17.5 Å². The van der Waals surface area contributed by atoms with Crippen molar-refractivity contribution >= 4 is 0 Å². The van der Waals surface area contributed by atoms with Crippen LogP contribution in [0.3, 0.4) is 0 Å². The number of aryl methyl sites for hydroxylation is 1. The molecular formula is C14H24N2. The van der Waals surface area contributed by atoms with Gasteiger partial charge in [-0.1, -0.05) is 26.8 Å². The number of rotatable bonds is 4. The molecule has 0 bridgehead atoms. The molecule has 2 heteroatoms. The average molecular weight is 220 g/mol. The van der Waals surface area contributed by atoms with E-state index in [-0.39, 0.29) is 0 Å². The molecule has 2 nitrogen and oxygen atoms in total. The molecule has 0 aliphatic heterocycles. The first-order valence-electron chi connectivity index (χ1n) is 6.01. The molecule has 0 spiro atoms. The number of pyridine rings is 1. The van der Waals surface area contributed by atoms with Crippen molar-refractivity contribution < 1.29 is 0 Å². The minimum atomic E-state index is 0.395. The lowest BCUT2D eigenvalue weighted by molar-refractivity contribution is 0.338. The van der Waals surface area contributed by atoms with E-state index in [2.05, 4.69) is 44.1 Å². The van der Waals surface area contributed by atoms with Crippen molar-refractivity contribution in [2.24, 2.45) is 5.41 Å². The molecule has 1 N–H and O–H groups in total. The zero-order valence-corrected chi connectivity index (χ0v) is 11.2. The monoisotopic (exact) mass is 220 g/mol. The van der Waals surface area contributed by atoms with Crippen LogP contribution in [-0.4, -0.2) is 12.0 Å². The van der Waals surface area contributed by atoms with Crippen LogP contribution in [0.25, 0.3) is 0 Å². The van der Waals surface area contributed by atoms with Crippen molar-refractivity contribution in [2.75, 3.05) is 7.05 Å². The van der Waals surface area contributed by atoms with Crippen LogP contribution in [0.4, 0.5) is 0 Å². The summed E-state index contributed by atoms with van der Waals surface area (Å²) in [6.07, 6.45) is 6.24. The summed E-state index contributed by atoms with van der Waals surface area (Å²) in [5.74, 6) is 0. The first-order valence-corrected chi connectivity index (χ1v) is 6.01. The van der Waals surface area contributed by atoms with E-state index < -0.39 is 0 Å². The molecule has 0 saturated carbocycles. The highest BCUT2D eigenvalue weighted by molar-refractivity contribution is 5.20. The average Bonchev–Trinajstić information content (AvgIpc) is 2.17. The number of nitrogens with zero attached hydrogens (tertiary/aromatic N) is 1. The molecule has 0 fully saturated rings. The van der Waals surface area contributed by atoms with Crippen molar-refractivity contribution in [3.8, 4) is 0 Å². The van der Waals surface area contributed by atoms with Gasteiger partial charge < -0.3 is 5.32 Å². The van der Waals surface area contributed by atoms with Gasteiger partial charge in [0.05, 0.1) is 0 Å². The first-order chi connectivity index (χ1) is 7.42. The maximum Gasteiger partial charge on any atom is 0.0333 e. The fourth-order valence-electron chi connectivity index (χ4n) is 1.82. The van der Waals surface area contributed by atoms with Crippen LogP contribution < -0.4 is 5.32 Å². The van der Waals surface area contributed by atoms with E-state index in [0.717, 1.165) is 6.42 Å². The molecule has 1 unspecified atom stereocenters. The third kappa shape index (κ3) is 4.31. The molecule has 0 aliphatic carbocycles. The Morgan fingerprint density at radius 1 is 1.31 bits per heavy atom. The summed E-state index contributed by atoms with van der Waals surface area (Å²) in [5.41, 5.74) is 2.92. The summed E-state index contributed by atoms with van der Waals surface area (Å²) in [6.45, 7) is 8.95. The van der Waals surface area contributed by atoms with Crippen LogP contribution in [0.1, 0.15) is 50.8 Å². The number of aromatic nitrogens is 1. The lowest BCUT2D eigenvalue weighted by Gasteiger charge is -2.23. The predicted molar refractivity (Wildman–Crippen MR) is 69.5 cm³/mol. The lowest BCUT2D eigenvalue weighted by Crippen LogP contribution is -2.19. The molecular weight excluding hydrogens is 196 g/mol. The Hall–Kier alpha value is -0.890. The highest BCUT2D eigenvalue weighted by Crippen LogP contribution is 2.27. The second kappa shape index (κ2) is 5.44. The maximum absolute atomic E-state index is 4.26. The van der Waals surface area contributed by atoms with Gasteiger partial charge in [-0.25, -0.2) is 0 Å². The Balaban J connectivity index is 2.68. The summed E-state index contributed by atoms with van der Waals surface area (Å²) in [7, 11) is 2.02. The van der Waals surface area contributed by atoms with Gasteiger partial charge in [0, 0.05) is 18.4 Å². The molecule has 0 aromatic carbocycles. The number of hydrogen-bond donors (Lipinski definition) is 1. The molecule has 1 heterocycles. The Morgan fingerprint density at radius 2 is 2.00 bits per heavy atom. The van der Waals surface area contributed by atoms with Gasteiger partial charge in [0.1, 0.15) is 0 Å². The van der Waals surface area contributed by atoms with E-state index in [1.54, 1.807) is 0 Å². The quantitative estimate of drug-likeness (QED) is 0.840. The normalized spacial score (nSPS) is 13.8. The largest absolute Gasteiger partial charge is 0.313 e. The second-order valence-electron chi connectivity index (χ2n) is 5.74. The molecule has 90 valence electrons. The summed E-state index contributed by atoms with van der Waals surface area (Å²) in [4.78, 5) is 4.26. The van der Waals surface area contributed by atoms with Crippen LogP contribution >= 0.6 is 0 Å². The molecule has 1 atom stereocenters. The molecule has 16 heavy (non-hydrogen) atoms. The summed E-state index contributed by atoms with van der Waals surface area (Å²) in [5, 5.41) is 3.38. The van der Waals surface area contributed by atoms with Gasteiger partial charge >= 0.3 is 0 Å². The number of hydrogen-bond acceptors (Lipinski definition) is 2. The zero-order chi connectivity index (χ0) is 12.2. The molecule has 0 amide bonds. The van der Waals surface area contributed by atoms with Crippen LogP contribution in [0.5, 0.6) is 0 Å². The van der Waals surface area contributed by atoms with Gasteiger partial charge in [-0.05, 0) is 43.4 Å². The van der Waals surface area contributed by atoms with E-state index in [0.29, 0.717) is 11.5 Å². The van der Waals surface area contributed by atoms with Crippen molar-refractivity contribution in [1.29, 1.82) is 0 Å². The molecule has 0 aliphatic rings. The predicted octanol–water partition coefficient (Wildman–Crippen LogP) is 3.48. The molecule has 0 radical (unpaired) electrons. The first kappa shape index (κ1) is 13.2. The van der Waals surface area contributed by atoms with E-state index in [9.17, 15) is 0 Å². The van der Waals surface area contributed by atoms with Crippen LogP contribution in [0.15, 0.2) is 18.5 Å². The van der Waals surface area contributed by atoms with Crippen molar-refractivity contribution in [1.82, 2.24) is 10.3 Å². The SMILES string of the molecule is CNC(CCC(C)(C)C)c1cncc(C)c1. The summed E-state index contributed by atoms with van der Waals surface area (Å²) < 4.78 is 0. The molecule has 1 aromatic heterocycles. The van der Waals surface area contributed by atoms with Crippen LogP contribution in [0, 0.1) is 12.3 Å². The Bertz CT molecular complexity index is 326. The standard InChI is InChI=1S/C14H24N2/c1-11-8-12(10-16-9-11)13(15-5)6-7-14(2,3)4/h8-10,13,15H,6-7H2,1-5H3. The second-order valence-corrected chi connectivity index (χ2v) is 5.74. The topological polar surface area (TPSA) is 24.9 Å². The van der Waals surface area contributed by atoms with Crippen molar-refractivity contribution in [2.45, 2.75) is 46.6 Å². The summed E-state index contributed by atoms with van der Waals surface area (Å²) in [6, 6.07) is 2.64. The minimum absolute atomic E-state index is 0.395. The lowest BCUT2D eigenvalue weighted by atomic mass is 9.87. The van der Waals surface area contributed by atoms with Gasteiger partial charge in [-0.15, -0.1) is 0 Å². The minimum Gasteiger partial charge on any atom is -0.313 e. The van der Waals surface area contributed by atoms with E-state index in [4.69, 9.17) is 0 Å². The van der Waals surface area contributed by atoms with Crippen molar-refractivity contribution in [3.63, 3.8) is 0 Å². The number of nitrogens with one attached hydrogen (secondary N) is 1. The molecule has 1 aromatic rings. The third-order valence-corrected chi connectivity index (χ3v) is 2.83. The van der Waals surface area contributed by atoms with E-state index >= 15 is 0 Å². The Kier molecular flexibility index (Phi) is 4.48. The van der Waals surface area contributed by atoms with E-state index in [1.807, 2.05) is 19.4 Å². The van der Waals surface area contributed by atoms with Gasteiger partial charge in [-0.3, -0.25) is 4.98 Å². The van der Waals surface area contributed by atoms with Gasteiger partial charge in [-0.2, -0.15) is 0 Å². The molecule has 1 rings (SSSR count). The fourth-order valence-corrected chi connectivity index (χ4v) is 1.82. The maximum atomic E-state index is 4.26. The summed E-state index contributed by atoms with van der Waals surface area (Å²) >= 11 is 0. The Labute approximate surface area is 99.5 Å². The van der Waals surface area contributed by atoms with Crippen LogP contribution in [0.2, 0.25) is 0 Å². The van der Waals surface area contributed by atoms with Gasteiger partial charge in [0.2, 0.25) is 0 Å². The Morgan fingerprint density at radius 3 is 2.50 bits per heavy atom. The smallest absolute Gasteiger partial charge is 0.0333 e. The highest BCUT2D eigenvalue weighted by atomic mass is 14.9. The zero-order valence-electron chi connectivity index (χ0n) is 11.2. The molecule has 0 saturated heterocycles. The third-order valence-electron chi connectivity index (χ3n) is 2.83. The highest BCUT2D eigenvalue weighted by Gasteiger charge is 2.15. The van der Waals surface area contributed by atoms with Crippen LogP contribution in [-0.2, 0) is 0 Å². The fraction of sp³-hybridized carbons (Fsp3) is 0.643.